The van der Waals surface area contributed by atoms with Crippen LogP contribution in [0.3, 0.4) is 0 Å². The number of methoxy groups -OCH3 is 4. The summed E-state index contributed by atoms with van der Waals surface area (Å²) in [6, 6.07) is 6.58. The minimum absolute atomic E-state index is 0.0101. The van der Waals surface area contributed by atoms with Gasteiger partial charge in [-0.25, -0.2) is 9.59 Å². The molecule has 178 valence electrons. The van der Waals surface area contributed by atoms with Gasteiger partial charge in [0.2, 0.25) is 18.3 Å². The predicted molar refractivity (Wildman–Crippen MR) is 115 cm³/mol. The Hall–Kier alpha value is -3.50. The normalized spacial score (nSPS) is 13.8. The zero-order chi connectivity index (χ0) is 24.1. The summed E-state index contributed by atoms with van der Waals surface area (Å²) < 4.78 is 43.3. The van der Waals surface area contributed by atoms with Crippen molar-refractivity contribution >= 4 is 11.9 Å². The van der Waals surface area contributed by atoms with Crippen LogP contribution in [-0.2, 0) is 18.9 Å². The van der Waals surface area contributed by atoms with Crippen LogP contribution in [0.2, 0.25) is 0 Å². The smallest absolute Gasteiger partial charge is 0.345 e. The number of carbonyl (C=O) groups excluding carboxylic acids is 2. The highest BCUT2D eigenvalue weighted by Crippen LogP contribution is 2.55. The van der Waals surface area contributed by atoms with Gasteiger partial charge in [-0.3, -0.25) is 0 Å². The Morgan fingerprint density at radius 1 is 0.818 bits per heavy atom. The number of hydrogen-bond donors (Lipinski definition) is 0. The highest BCUT2D eigenvalue weighted by atomic mass is 16.7. The van der Waals surface area contributed by atoms with Crippen LogP contribution >= 0.6 is 0 Å². The Kier molecular flexibility index (Phi) is 7.62. The highest BCUT2D eigenvalue weighted by molar-refractivity contribution is 6.08. The van der Waals surface area contributed by atoms with Crippen molar-refractivity contribution in [1.29, 1.82) is 0 Å². The second-order valence-electron chi connectivity index (χ2n) is 6.84. The van der Waals surface area contributed by atoms with E-state index in [2.05, 4.69) is 0 Å². The average Bonchev–Trinajstić information content (AvgIpc) is 3.13. The lowest BCUT2D eigenvalue weighted by Crippen LogP contribution is -2.19. The first-order valence-electron chi connectivity index (χ1n) is 10.0. The van der Waals surface area contributed by atoms with Crippen molar-refractivity contribution in [3.05, 3.63) is 35.4 Å². The summed E-state index contributed by atoms with van der Waals surface area (Å²) >= 11 is 0. The van der Waals surface area contributed by atoms with Crippen molar-refractivity contribution in [2.45, 2.75) is 26.4 Å². The molecule has 0 fully saturated rings. The first-order valence-corrected chi connectivity index (χ1v) is 10.0. The fourth-order valence-corrected chi connectivity index (χ4v) is 3.30. The minimum atomic E-state index is -0.848. The van der Waals surface area contributed by atoms with Crippen LogP contribution in [0.4, 0.5) is 0 Å². The Labute approximate surface area is 191 Å². The quantitative estimate of drug-likeness (QED) is 0.406. The van der Waals surface area contributed by atoms with Crippen molar-refractivity contribution < 1.29 is 47.5 Å². The molecule has 0 N–H and O–H groups in total. The largest absolute Gasteiger partial charge is 0.490 e. The number of carbonyl (C=O) groups is 2. The molecule has 0 aromatic heterocycles. The zero-order valence-electron chi connectivity index (χ0n) is 19.3. The van der Waals surface area contributed by atoms with E-state index in [0.717, 1.165) is 0 Å². The van der Waals surface area contributed by atoms with Crippen LogP contribution in [0, 0.1) is 0 Å². The third-order valence-corrected chi connectivity index (χ3v) is 4.97. The maximum absolute atomic E-state index is 13.3. The first-order chi connectivity index (χ1) is 15.9. The van der Waals surface area contributed by atoms with Gasteiger partial charge in [0.05, 0.1) is 19.8 Å². The molecule has 2 bridgehead atoms. The van der Waals surface area contributed by atoms with Gasteiger partial charge in [0.25, 0.3) is 0 Å². The lowest BCUT2D eigenvalue weighted by atomic mass is 9.92. The molecule has 2 unspecified atom stereocenters. The number of ether oxygens (including phenoxy) is 8. The fraction of sp³-hybridized carbons (Fsp3) is 0.391. The molecule has 2 aromatic rings. The summed E-state index contributed by atoms with van der Waals surface area (Å²) in [7, 11) is 5.65. The van der Waals surface area contributed by atoms with Gasteiger partial charge < -0.3 is 37.9 Å². The van der Waals surface area contributed by atoms with E-state index >= 15 is 0 Å². The number of benzene rings is 2. The molecule has 0 aliphatic carbocycles. The summed E-state index contributed by atoms with van der Waals surface area (Å²) in [6.07, 6.45) is -1.63. The second kappa shape index (κ2) is 10.4. The van der Waals surface area contributed by atoms with Gasteiger partial charge in [0.1, 0.15) is 5.56 Å². The molecule has 0 spiro atoms. The van der Waals surface area contributed by atoms with E-state index in [1.807, 2.05) is 0 Å². The molecular weight excluding hydrogens is 436 g/mol. The average molecular weight is 462 g/mol. The first kappa shape index (κ1) is 24.1. The Balaban J connectivity index is 2.32. The van der Waals surface area contributed by atoms with Gasteiger partial charge in [-0.15, -0.1) is 0 Å². The van der Waals surface area contributed by atoms with Crippen molar-refractivity contribution in [3.63, 3.8) is 0 Å². The Morgan fingerprint density at radius 3 is 1.97 bits per heavy atom. The van der Waals surface area contributed by atoms with Crippen LogP contribution in [0.1, 0.15) is 34.6 Å². The van der Waals surface area contributed by atoms with E-state index in [0.29, 0.717) is 5.56 Å². The predicted octanol–water partition coefficient (Wildman–Crippen LogP) is 3.40. The van der Waals surface area contributed by atoms with Crippen LogP contribution < -0.4 is 18.9 Å². The molecule has 2 aliphatic heterocycles. The van der Waals surface area contributed by atoms with Crippen LogP contribution in [0.5, 0.6) is 23.0 Å². The van der Waals surface area contributed by atoms with Gasteiger partial charge in [0, 0.05) is 25.3 Å². The molecule has 2 heterocycles. The molecule has 33 heavy (non-hydrogen) atoms. The highest BCUT2D eigenvalue weighted by Gasteiger charge is 2.37. The van der Waals surface area contributed by atoms with Gasteiger partial charge in [0.15, 0.2) is 24.1 Å². The number of fused-ring (bicyclic) bond motifs is 4. The summed E-state index contributed by atoms with van der Waals surface area (Å²) in [4.78, 5) is 26.2. The van der Waals surface area contributed by atoms with Gasteiger partial charge >= 0.3 is 11.9 Å². The van der Waals surface area contributed by atoms with Crippen molar-refractivity contribution in [1.82, 2.24) is 0 Å². The van der Waals surface area contributed by atoms with E-state index in [1.165, 1.54) is 28.4 Å². The zero-order valence-corrected chi connectivity index (χ0v) is 19.3. The molecule has 0 amide bonds. The number of esters is 2. The van der Waals surface area contributed by atoms with Crippen LogP contribution in [-0.4, -0.2) is 59.8 Å². The molecule has 2 atom stereocenters. The minimum Gasteiger partial charge on any atom is -0.490 e. The molecule has 2 aromatic carbocycles. The monoisotopic (exact) mass is 462 g/mol. The molecular formula is C23H26O10. The van der Waals surface area contributed by atoms with Crippen molar-refractivity contribution in [2.75, 3.05) is 35.2 Å². The second-order valence-corrected chi connectivity index (χ2v) is 6.84. The van der Waals surface area contributed by atoms with Crippen molar-refractivity contribution in [2.24, 2.45) is 0 Å². The molecule has 10 nitrogen and oxygen atoms in total. The van der Waals surface area contributed by atoms with Gasteiger partial charge in [-0.1, -0.05) is 18.2 Å². The maximum atomic E-state index is 13.3. The van der Waals surface area contributed by atoms with E-state index < -0.39 is 24.5 Å². The Bertz CT molecular complexity index is 1030. The summed E-state index contributed by atoms with van der Waals surface area (Å²) in [6.45, 7) is 2.92. The molecule has 10 heteroatoms. The Morgan fingerprint density at radius 2 is 1.36 bits per heavy atom. The van der Waals surface area contributed by atoms with E-state index in [-0.39, 0.29) is 46.5 Å². The maximum Gasteiger partial charge on any atom is 0.345 e. The molecule has 2 aliphatic rings. The molecule has 4 rings (SSSR count). The third-order valence-electron chi connectivity index (χ3n) is 4.97. The number of hydrogen-bond acceptors (Lipinski definition) is 10. The van der Waals surface area contributed by atoms with Crippen LogP contribution in [0.15, 0.2) is 24.3 Å². The lowest BCUT2D eigenvalue weighted by molar-refractivity contribution is -0.0782. The molecule has 0 saturated heterocycles. The van der Waals surface area contributed by atoms with E-state index in [9.17, 15) is 9.59 Å². The lowest BCUT2D eigenvalue weighted by Gasteiger charge is -2.21. The summed E-state index contributed by atoms with van der Waals surface area (Å²) in [5.41, 5.74) is 0.723. The molecule has 0 radical (unpaired) electrons. The summed E-state index contributed by atoms with van der Waals surface area (Å²) in [5, 5.41) is 0. The van der Waals surface area contributed by atoms with E-state index in [1.54, 1.807) is 38.1 Å². The standard InChI is InChI=1S/C23H26O10/c1-12(26-3)32-22(24)15-10-8-7-9-14(15)16-17(23(25)33-13(2)27-4)19-21(29-6)20(28-5)18(16)30-11-31-19/h7-10,12-13H,11H2,1-6H3. The van der Waals surface area contributed by atoms with Crippen LogP contribution in [0.25, 0.3) is 11.1 Å². The van der Waals surface area contributed by atoms with Crippen molar-refractivity contribution in [3.8, 4) is 34.1 Å². The number of rotatable bonds is 9. The topological polar surface area (TPSA) is 108 Å². The van der Waals surface area contributed by atoms with Gasteiger partial charge in [-0.2, -0.15) is 0 Å². The van der Waals surface area contributed by atoms with E-state index in [4.69, 9.17) is 37.9 Å². The molecule has 0 saturated carbocycles. The van der Waals surface area contributed by atoms with Gasteiger partial charge in [-0.05, 0) is 19.9 Å². The SMILES string of the molecule is COc1c(OC)c2c(-c3ccccc3C(=O)OC(C)OC)c(C(=O)OC(C)OC)c1OCO2. The third kappa shape index (κ3) is 4.67. The summed E-state index contributed by atoms with van der Waals surface area (Å²) in [5.74, 6) is -0.883. The fourth-order valence-electron chi connectivity index (χ4n) is 3.30.